The van der Waals surface area contributed by atoms with Crippen LogP contribution in [0.3, 0.4) is 0 Å². The van der Waals surface area contributed by atoms with Crippen LogP contribution >= 0.6 is 0 Å². The first-order chi connectivity index (χ1) is 4.38. The van der Waals surface area contributed by atoms with Crippen LogP contribution in [0.5, 0.6) is 0 Å². The summed E-state index contributed by atoms with van der Waals surface area (Å²) in [4.78, 5) is 3.86. The highest BCUT2D eigenvalue weighted by Gasteiger charge is 2.21. The molecule has 0 saturated carbocycles. The van der Waals surface area contributed by atoms with Gasteiger partial charge in [0.25, 0.3) is 0 Å². The van der Waals surface area contributed by atoms with Crippen LogP contribution in [-0.2, 0) is 0 Å². The second-order valence-corrected chi connectivity index (χ2v) is 1.98. The maximum atomic E-state index is 8.61. The lowest BCUT2D eigenvalue weighted by molar-refractivity contribution is 0.199. The molecule has 0 radical (unpaired) electrons. The minimum atomic E-state index is -0.157. The van der Waals surface area contributed by atoms with Crippen molar-refractivity contribution in [1.29, 1.82) is 0 Å². The fraction of sp³-hybridized carbons (Fsp3) is 0.800. The summed E-state index contributed by atoms with van der Waals surface area (Å²) < 4.78 is 0. The molecule has 2 unspecified atom stereocenters. The maximum Gasteiger partial charge on any atom is 0.0970 e. The fourth-order valence-corrected chi connectivity index (χ4v) is 0.798. The molecule has 4 nitrogen and oxygen atoms in total. The fourth-order valence-electron chi connectivity index (χ4n) is 0.798. The molecule has 0 saturated heterocycles. The summed E-state index contributed by atoms with van der Waals surface area (Å²) in [5, 5.41) is 20.0. The van der Waals surface area contributed by atoms with Crippen molar-refractivity contribution in [1.82, 2.24) is 5.32 Å². The largest absolute Gasteiger partial charge is 0.394 e. The van der Waals surface area contributed by atoms with Gasteiger partial charge in [-0.25, -0.2) is 0 Å². The molecule has 0 aromatic rings. The highest BCUT2D eigenvalue weighted by atomic mass is 16.3. The van der Waals surface area contributed by atoms with Gasteiger partial charge in [0.2, 0.25) is 0 Å². The van der Waals surface area contributed by atoms with Crippen LogP contribution in [-0.4, -0.2) is 41.8 Å². The molecule has 2 atom stereocenters. The summed E-state index contributed by atoms with van der Waals surface area (Å²) in [6, 6.07) is -0.245. The molecule has 1 aliphatic heterocycles. The summed E-state index contributed by atoms with van der Waals surface area (Å²) in [7, 11) is 0. The van der Waals surface area contributed by atoms with E-state index in [-0.39, 0.29) is 25.3 Å². The van der Waals surface area contributed by atoms with E-state index in [9.17, 15) is 0 Å². The van der Waals surface area contributed by atoms with Crippen LogP contribution in [0.4, 0.5) is 0 Å². The van der Waals surface area contributed by atoms with Crippen LogP contribution in [0.1, 0.15) is 0 Å². The van der Waals surface area contributed by atoms with Crippen LogP contribution in [0, 0.1) is 0 Å². The molecule has 0 bridgehead atoms. The van der Waals surface area contributed by atoms with Crippen molar-refractivity contribution in [3.05, 3.63) is 0 Å². The molecule has 0 aromatic carbocycles. The molecule has 1 heterocycles. The Hall–Kier alpha value is -0.610. The third-order valence-corrected chi connectivity index (χ3v) is 1.40. The number of rotatable bonds is 2. The van der Waals surface area contributed by atoms with Gasteiger partial charge < -0.3 is 15.5 Å². The highest BCUT2D eigenvalue weighted by molar-refractivity contribution is 5.58. The molecular weight excluding hydrogens is 120 g/mol. The normalized spacial score (nSPS) is 32.7. The van der Waals surface area contributed by atoms with E-state index in [1.807, 2.05) is 0 Å². The minimum absolute atomic E-state index is 0.00523. The summed E-state index contributed by atoms with van der Waals surface area (Å²) in [6.45, 7) is 0.0138. The van der Waals surface area contributed by atoms with Crippen LogP contribution in [0.2, 0.25) is 0 Å². The molecule has 1 aliphatic rings. The molecule has 1 rings (SSSR count). The maximum absolute atomic E-state index is 8.61. The molecule has 0 spiro atoms. The van der Waals surface area contributed by atoms with Crippen molar-refractivity contribution in [3.63, 3.8) is 0 Å². The average molecular weight is 130 g/mol. The second-order valence-electron chi connectivity index (χ2n) is 1.98. The standard InChI is InChI=1S/C5H10N2O2/c8-1-4-5(2-9)7-3-6-4/h3-5,8-9H,1-2H2,(H,6,7). The zero-order chi connectivity index (χ0) is 6.69. The third-order valence-electron chi connectivity index (χ3n) is 1.40. The number of nitrogens with one attached hydrogen (secondary N) is 1. The van der Waals surface area contributed by atoms with Gasteiger partial charge in [0.1, 0.15) is 0 Å². The Morgan fingerprint density at radius 3 is 2.67 bits per heavy atom. The van der Waals surface area contributed by atoms with Crippen molar-refractivity contribution in [2.24, 2.45) is 4.99 Å². The Labute approximate surface area is 53.2 Å². The van der Waals surface area contributed by atoms with Crippen LogP contribution in [0.25, 0.3) is 0 Å². The predicted octanol–water partition coefficient (Wildman–Crippen LogP) is -1.66. The number of aliphatic hydroxyl groups excluding tert-OH is 2. The molecule has 52 valence electrons. The van der Waals surface area contributed by atoms with Crippen molar-refractivity contribution in [2.45, 2.75) is 12.1 Å². The van der Waals surface area contributed by atoms with E-state index >= 15 is 0 Å². The van der Waals surface area contributed by atoms with Gasteiger partial charge in [0.15, 0.2) is 0 Å². The third kappa shape index (κ3) is 1.20. The lowest BCUT2D eigenvalue weighted by Gasteiger charge is -2.11. The molecule has 0 aromatic heterocycles. The van der Waals surface area contributed by atoms with Gasteiger partial charge in [-0.05, 0) is 0 Å². The molecule has 0 amide bonds. The Balaban J connectivity index is 2.39. The van der Waals surface area contributed by atoms with Gasteiger partial charge in [-0.2, -0.15) is 0 Å². The predicted molar refractivity (Wildman–Crippen MR) is 33.4 cm³/mol. The molecule has 0 fully saturated rings. The summed E-state index contributed by atoms with van der Waals surface area (Å²) in [5.41, 5.74) is 0. The monoisotopic (exact) mass is 130 g/mol. The average Bonchev–Trinajstić information content (AvgIpc) is 2.33. The summed E-state index contributed by atoms with van der Waals surface area (Å²) in [5.74, 6) is 0. The molecule has 9 heavy (non-hydrogen) atoms. The van der Waals surface area contributed by atoms with Crippen molar-refractivity contribution in [2.75, 3.05) is 13.2 Å². The van der Waals surface area contributed by atoms with Crippen molar-refractivity contribution in [3.8, 4) is 0 Å². The Bertz CT molecular complexity index is 116. The zero-order valence-electron chi connectivity index (χ0n) is 4.99. The van der Waals surface area contributed by atoms with E-state index in [0.29, 0.717) is 0 Å². The van der Waals surface area contributed by atoms with Crippen molar-refractivity contribution >= 4 is 6.34 Å². The van der Waals surface area contributed by atoms with Gasteiger partial charge in [-0.3, -0.25) is 4.99 Å². The topological polar surface area (TPSA) is 64.9 Å². The Kier molecular flexibility index (Phi) is 2.02. The lowest BCUT2D eigenvalue weighted by Crippen LogP contribution is -2.36. The van der Waals surface area contributed by atoms with E-state index < -0.39 is 0 Å². The molecule has 0 aliphatic carbocycles. The quantitative estimate of drug-likeness (QED) is 0.419. The van der Waals surface area contributed by atoms with E-state index in [1.165, 1.54) is 6.34 Å². The second kappa shape index (κ2) is 2.80. The zero-order valence-corrected chi connectivity index (χ0v) is 4.99. The Morgan fingerprint density at radius 2 is 2.22 bits per heavy atom. The van der Waals surface area contributed by atoms with E-state index in [0.717, 1.165) is 0 Å². The van der Waals surface area contributed by atoms with Gasteiger partial charge in [0.05, 0.1) is 31.6 Å². The lowest BCUT2D eigenvalue weighted by atomic mass is 10.2. The minimum Gasteiger partial charge on any atom is -0.394 e. The van der Waals surface area contributed by atoms with Crippen LogP contribution in [0.15, 0.2) is 4.99 Å². The number of aliphatic imine (C=N–C) groups is 1. The SMILES string of the molecule is OCC1N=CNC1CO. The van der Waals surface area contributed by atoms with Gasteiger partial charge in [0, 0.05) is 0 Å². The van der Waals surface area contributed by atoms with Gasteiger partial charge in [-0.1, -0.05) is 0 Å². The number of hydrogen-bond acceptors (Lipinski definition) is 4. The smallest absolute Gasteiger partial charge is 0.0970 e. The summed E-state index contributed by atoms with van der Waals surface area (Å²) >= 11 is 0. The first-order valence-electron chi connectivity index (χ1n) is 2.88. The number of aliphatic hydroxyl groups is 2. The molecule has 4 heteroatoms. The number of hydrogen-bond donors (Lipinski definition) is 3. The molecule has 3 N–H and O–H groups in total. The van der Waals surface area contributed by atoms with Crippen LogP contribution < -0.4 is 5.32 Å². The first-order valence-corrected chi connectivity index (χ1v) is 2.88. The van der Waals surface area contributed by atoms with Crippen molar-refractivity contribution < 1.29 is 10.2 Å². The summed E-state index contributed by atoms with van der Waals surface area (Å²) in [6.07, 6.45) is 1.52. The van der Waals surface area contributed by atoms with E-state index in [4.69, 9.17) is 10.2 Å². The Morgan fingerprint density at radius 1 is 1.44 bits per heavy atom. The van der Waals surface area contributed by atoms with E-state index in [1.54, 1.807) is 0 Å². The van der Waals surface area contributed by atoms with Gasteiger partial charge in [-0.15, -0.1) is 0 Å². The molecular formula is C5H10N2O2. The highest BCUT2D eigenvalue weighted by Crippen LogP contribution is 2.00. The number of nitrogens with zero attached hydrogens (tertiary/aromatic N) is 1. The first kappa shape index (κ1) is 6.51. The van der Waals surface area contributed by atoms with E-state index in [2.05, 4.69) is 10.3 Å². The van der Waals surface area contributed by atoms with Gasteiger partial charge >= 0.3 is 0 Å².